The van der Waals surface area contributed by atoms with E-state index in [2.05, 4.69) is 21.2 Å². The summed E-state index contributed by atoms with van der Waals surface area (Å²) >= 11 is 15.5. The number of halogens is 3. The van der Waals surface area contributed by atoms with Crippen LogP contribution in [0.2, 0.25) is 10.0 Å². The molecule has 5 heteroatoms. The quantitative estimate of drug-likeness (QED) is 0.404. The van der Waals surface area contributed by atoms with Crippen LogP contribution in [0.1, 0.15) is 28.4 Å². The molecule has 0 spiro atoms. The minimum Gasteiger partial charge on any atom is -0.378 e. The standard InChI is InChI=1S/C21H16BrCl2NO/c22-16-8-4-15(5-9-16)21(26)13-20(14-6-10-17(23)11-7-14)25-19-3-1-2-18(24)12-19/h1-12,20,25H,13H2. The highest BCUT2D eigenvalue weighted by atomic mass is 79.9. The van der Waals surface area contributed by atoms with Crippen LogP contribution in [0.5, 0.6) is 0 Å². The van der Waals surface area contributed by atoms with Crippen LogP contribution in [0.25, 0.3) is 0 Å². The van der Waals surface area contributed by atoms with Crippen LogP contribution in [0.4, 0.5) is 5.69 Å². The Kier molecular flexibility index (Phi) is 6.36. The Morgan fingerprint density at radius 3 is 2.27 bits per heavy atom. The monoisotopic (exact) mass is 447 g/mol. The summed E-state index contributed by atoms with van der Waals surface area (Å²) in [5, 5.41) is 4.71. The van der Waals surface area contributed by atoms with Gasteiger partial charge in [0.15, 0.2) is 5.78 Å². The maximum Gasteiger partial charge on any atom is 0.165 e. The third-order valence-electron chi connectivity index (χ3n) is 3.99. The van der Waals surface area contributed by atoms with E-state index in [0.29, 0.717) is 22.0 Å². The Hall–Kier alpha value is -1.81. The molecule has 3 aromatic rings. The van der Waals surface area contributed by atoms with Gasteiger partial charge >= 0.3 is 0 Å². The Balaban J connectivity index is 1.85. The second-order valence-electron chi connectivity index (χ2n) is 5.89. The minimum absolute atomic E-state index is 0.0620. The molecule has 1 atom stereocenters. The lowest BCUT2D eigenvalue weighted by Gasteiger charge is -2.20. The molecular formula is C21H16BrCl2NO. The van der Waals surface area contributed by atoms with Crippen molar-refractivity contribution in [3.8, 4) is 0 Å². The van der Waals surface area contributed by atoms with Gasteiger partial charge in [0.25, 0.3) is 0 Å². The molecule has 0 bridgehead atoms. The summed E-state index contributed by atoms with van der Waals surface area (Å²) in [7, 11) is 0. The molecule has 0 saturated heterocycles. The van der Waals surface area contributed by atoms with Gasteiger partial charge in [-0.25, -0.2) is 0 Å². The van der Waals surface area contributed by atoms with Crippen molar-refractivity contribution in [2.45, 2.75) is 12.5 Å². The fourth-order valence-electron chi connectivity index (χ4n) is 2.67. The number of carbonyl (C=O) groups excluding carboxylic acids is 1. The number of Topliss-reactive ketones (excluding diaryl/α,β-unsaturated/α-hetero) is 1. The maximum atomic E-state index is 12.8. The van der Waals surface area contributed by atoms with Crippen molar-refractivity contribution >= 4 is 50.6 Å². The number of anilines is 1. The molecule has 132 valence electrons. The smallest absolute Gasteiger partial charge is 0.165 e. The summed E-state index contributed by atoms with van der Waals surface area (Å²) in [5.74, 6) is 0.0620. The van der Waals surface area contributed by atoms with Crippen molar-refractivity contribution in [2.75, 3.05) is 5.32 Å². The molecule has 0 aliphatic carbocycles. The van der Waals surface area contributed by atoms with Crippen LogP contribution >= 0.6 is 39.1 Å². The molecule has 0 heterocycles. The predicted octanol–water partition coefficient (Wildman–Crippen LogP) is 7.18. The van der Waals surface area contributed by atoms with E-state index in [1.165, 1.54) is 0 Å². The molecule has 0 aliphatic heterocycles. The zero-order valence-corrected chi connectivity index (χ0v) is 16.9. The van der Waals surface area contributed by atoms with Crippen molar-refractivity contribution in [3.05, 3.63) is 98.4 Å². The Bertz CT molecular complexity index is 895. The van der Waals surface area contributed by atoms with E-state index in [4.69, 9.17) is 23.2 Å². The molecule has 0 saturated carbocycles. The van der Waals surface area contributed by atoms with Crippen LogP contribution in [0, 0.1) is 0 Å². The number of hydrogen-bond donors (Lipinski definition) is 1. The van der Waals surface area contributed by atoms with Gasteiger partial charge in [-0.3, -0.25) is 4.79 Å². The summed E-state index contributed by atoms with van der Waals surface area (Å²) < 4.78 is 0.945. The van der Waals surface area contributed by atoms with E-state index in [0.717, 1.165) is 15.7 Å². The third kappa shape index (κ3) is 5.10. The van der Waals surface area contributed by atoms with Crippen molar-refractivity contribution < 1.29 is 4.79 Å². The fraction of sp³-hybridized carbons (Fsp3) is 0.0952. The average molecular weight is 449 g/mol. The zero-order valence-electron chi connectivity index (χ0n) is 13.8. The molecule has 0 aromatic heterocycles. The summed E-state index contributed by atoms with van der Waals surface area (Å²) in [6.07, 6.45) is 0.315. The second kappa shape index (κ2) is 8.72. The van der Waals surface area contributed by atoms with Crippen LogP contribution in [0.15, 0.2) is 77.3 Å². The number of carbonyl (C=O) groups is 1. The van der Waals surface area contributed by atoms with Gasteiger partial charge in [0, 0.05) is 32.2 Å². The highest BCUT2D eigenvalue weighted by Gasteiger charge is 2.17. The Morgan fingerprint density at radius 2 is 1.62 bits per heavy atom. The second-order valence-corrected chi connectivity index (χ2v) is 7.68. The largest absolute Gasteiger partial charge is 0.378 e. The van der Waals surface area contributed by atoms with Crippen molar-refractivity contribution in [1.29, 1.82) is 0 Å². The summed E-state index contributed by atoms with van der Waals surface area (Å²) in [6.45, 7) is 0. The molecule has 0 radical (unpaired) electrons. The molecule has 1 N–H and O–H groups in total. The first kappa shape index (κ1) is 19.0. The summed E-state index contributed by atoms with van der Waals surface area (Å²) in [5.41, 5.74) is 2.53. The number of benzene rings is 3. The Labute approximate surface area is 171 Å². The summed E-state index contributed by atoms with van der Waals surface area (Å²) in [6, 6.07) is 22.2. The van der Waals surface area contributed by atoms with Crippen LogP contribution in [-0.2, 0) is 0 Å². The van der Waals surface area contributed by atoms with Gasteiger partial charge in [0.05, 0.1) is 6.04 Å². The number of nitrogens with one attached hydrogen (secondary N) is 1. The third-order valence-corrected chi connectivity index (χ3v) is 5.01. The highest BCUT2D eigenvalue weighted by Crippen LogP contribution is 2.27. The normalized spacial score (nSPS) is 11.8. The van der Waals surface area contributed by atoms with Gasteiger partial charge in [-0.2, -0.15) is 0 Å². The van der Waals surface area contributed by atoms with Gasteiger partial charge in [-0.1, -0.05) is 69.5 Å². The zero-order chi connectivity index (χ0) is 18.5. The van der Waals surface area contributed by atoms with Crippen molar-refractivity contribution in [3.63, 3.8) is 0 Å². The number of rotatable bonds is 6. The molecule has 0 aliphatic rings. The number of hydrogen-bond acceptors (Lipinski definition) is 2. The molecular weight excluding hydrogens is 433 g/mol. The van der Waals surface area contributed by atoms with E-state index in [1.807, 2.05) is 72.8 Å². The van der Waals surface area contributed by atoms with Crippen LogP contribution in [0.3, 0.4) is 0 Å². The van der Waals surface area contributed by atoms with Gasteiger partial charge in [0.2, 0.25) is 0 Å². The van der Waals surface area contributed by atoms with Crippen LogP contribution in [-0.4, -0.2) is 5.78 Å². The van der Waals surface area contributed by atoms with Gasteiger partial charge in [-0.05, 0) is 48.0 Å². The molecule has 3 aromatic carbocycles. The lowest BCUT2D eigenvalue weighted by molar-refractivity contribution is 0.0976. The molecule has 26 heavy (non-hydrogen) atoms. The predicted molar refractivity (Wildman–Crippen MR) is 112 cm³/mol. The van der Waals surface area contributed by atoms with E-state index < -0.39 is 0 Å². The first-order chi connectivity index (χ1) is 12.5. The molecule has 3 rings (SSSR count). The molecule has 0 amide bonds. The van der Waals surface area contributed by atoms with E-state index >= 15 is 0 Å². The van der Waals surface area contributed by atoms with Crippen molar-refractivity contribution in [1.82, 2.24) is 0 Å². The minimum atomic E-state index is -0.193. The molecule has 2 nitrogen and oxygen atoms in total. The van der Waals surface area contributed by atoms with Crippen molar-refractivity contribution in [2.24, 2.45) is 0 Å². The first-order valence-corrected chi connectivity index (χ1v) is 9.62. The van der Waals surface area contributed by atoms with E-state index in [-0.39, 0.29) is 11.8 Å². The first-order valence-electron chi connectivity index (χ1n) is 8.07. The molecule has 1 unspecified atom stereocenters. The lowest BCUT2D eigenvalue weighted by Crippen LogP contribution is -2.15. The fourth-order valence-corrected chi connectivity index (χ4v) is 3.25. The van der Waals surface area contributed by atoms with Gasteiger partial charge < -0.3 is 5.32 Å². The van der Waals surface area contributed by atoms with E-state index in [9.17, 15) is 4.79 Å². The lowest BCUT2D eigenvalue weighted by atomic mass is 9.97. The maximum absolute atomic E-state index is 12.8. The summed E-state index contributed by atoms with van der Waals surface area (Å²) in [4.78, 5) is 12.8. The van der Waals surface area contributed by atoms with Crippen LogP contribution < -0.4 is 5.32 Å². The highest BCUT2D eigenvalue weighted by molar-refractivity contribution is 9.10. The van der Waals surface area contributed by atoms with Gasteiger partial charge in [0.1, 0.15) is 0 Å². The number of ketones is 1. The Morgan fingerprint density at radius 1 is 0.923 bits per heavy atom. The SMILES string of the molecule is O=C(CC(Nc1cccc(Cl)c1)c1ccc(Cl)cc1)c1ccc(Br)cc1. The topological polar surface area (TPSA) is 29.1 Å². The average Bonchev–Trinajstić information content (AvgIpc) is 2.62. The van der Waals surface area contributed by atoms with Gasteiger partial charge in [-0.15, -0.1) is 0 Å². The van der Waals surface area contributed by atoms with E-state index in [1.54, 1.807) is 0 Å². The molecule has 0 fully saturated rings.